The van der Waals surface area contributed by atoms with Crippen LogP contribution in [-0.2, 0) is 0 Å². The summed E-state index contributed by atoms with van der Waals surface area (Å²) in [5.74, 6) is 0.0913. The molecular formula is C18H23N3O2. The number of carbonyl (C=O) groups is 1. The molecule has 5 nitrogen and oxygen atoms in total. The molecule has 0 spiro atoms. The van der Waals surface area contributed by atoms with Gasteiger partial charge in [0.2, 0.25) is 0 Å². The molecule has 1 aliphatic heterocycles. The van der Waals surface area contributed by atoms with Crippen molar-refractivity contribution in [3.05, 3.63) is 47.8 Å². The summed E-state index contributed by atoms with van der Waals surface area (Å²) in [7, 11) is 0. The molecule has 3 rings (SSSR count). The number of rotatable bonds is 5. The van der Waals surface area contributed by atoms with Crippen LogP contribution in [0.1, 0.15) is 41.6 Å². The van der Waals surface area contributed by atoms with Crippen LogP contribution in [0, 0.1) is 6.92 Å². The predicted octanol–water partition coefficient (Wildman–Crippen LogP) is 2.56. The average Bonchev–Trinajstić information content (AvgIpc) is 3.21. The van der Waals surface area contributed by atoms with E-state index >= 15 is 0 Å². The maximum absolute atomic E-state index is 12.7. The number of hydrogen-bond acceptors (Lipinski definition) is 3. The van der Waals surface area contributed by atoms with E-state index in [1.165, 1.54) is 0 Å². The minimum atomic E-state index is 0.0913. The highest BCUT2D eigenvalue weighted by molar-refractivity contribution is 5.94. The molecule has 1 fully saturated rings. The molecule has 1 atom stereocenters. The van der Waals surface area contributed by atoms with Crippen molar-refractivity contribution in [3.8, 4) is 5.69 Å². The second-order valence-electron chi connectivity index (χ2n) is 6.17. The van der Waals surface area contributed by atoms with Crippen LogP contribution < -0.4 is 0 Å². The van der Waals surface area contributed by atoms with E-state index in [2.05, 4.69) is 5.10 Å². The van der Waals surface area contributed by atoms with Crippen LogP contribution in [0.4, 0.5) is 0 Å². The second-order valence-corrected chi connectivity index (χ2v) is 6.17. The van der Waals surface area contributed by atoms with Gasteiger partial charge in [-0.15, -0.1) is 0 Å². The van der Waals surface area contributed by atoms with Crippen LogP contribution >= 0.6 is 0 Å². The topological polar surface area (TPSA) is 58.4 Å². The quantitative estimate of drug-likeness (QED) is 0.923. The van der Waals surface area contributed by atoms with Crippen LogP contribution in [0.15, 0.2) is 36.7 Å². The Morgan fingerprint density at radius 1 is 1.35 bits per heavy atom. The maximum Gasteiger partial charge on any atom is 0.254 e. The van der Waals surface area contributed by atoms with Gasteiger partial charge in [-0.2, -0.15) is 5.10 Å². The number of amides is 1. The SMILES string of the molecule is Cc1cnn(-c2ccc(C(=O)N3CCCC3CCCO)cc2)c1. The van der Waals surface area contributed by atoms with Crippen molar-refractivity contribution in [3.63, 3.8) is 0 Å². The molecule has 5 heteroatoms. The van der Waals surface area contributed by atoms with Crippen LogP contribution in [0.3, 0.4) is 0 Å². The summed E-state index contributed by atoms with van der Waals surface area (Å²) in [6.45, 7) is 3.01. The van der Waals surface area contributed by atoms with Crippen molar-refractivity contribution in [2.24, 2.45) is 0 Å². The lowest BCUT2D eigenvalue weighted by Crippen LogP contribution is -2.35. The van der Waals surface area contributed by atoms with Crippen molar-refractivity contribution < 1.29 is 9.90 Å². The first kappa shape index (κ1) is 15.7. The summed E-state index contributed by atoms with van der Waals surface area (Å²) >= 11 is 0. The lowest BCUT2D eigenvalue weighted by Gasteiger charge is -2.24. The van der Waals surface area contributed by atoms with Crippen LogP contribution in [-0.4, -0.2) is 44.9 Å². The third-order valence-corrected chi connectivity index (χ3v) is 4.42. The van der Waals surface area contributed by atoms with E-state index in [4.69, 9.17) is 5.11 Å². The summed E-state index contributed by atoms with van der Waals surface area (Å²) in [6.07, 6.45) is 7.50. The van der Waals surface area contributed by atoms with Gasteiger partial charge in [0.15, 0.2) is 0 Å². The predicted molar refractivity (Wildman–Crippen MR) is 88.7 cm³/mol. The van der Waals surface area contributed by atoms with Gasteiger partial charge in [-0.1, -0.05) is 0 Å². The largest absolute Gasteiger partial charge is 0.396 e. The number of aryl methyl sites for hydroxylation is 1. The Morgan fingerprint density at radius 3 is 2.78 bits per heavy atom. The molecule has 1 N–H and O–H groups in total. The Balaban J connectivity index is 1.72. The zero-order valence-corrected chi connectivity index (χ0v) is 13.5. The van der Waals surface area contributed by atoms with E-state index in [9.17, 15) is 4.79 Å². The third-order valence-electron chi connectivity index (χ3n) is 4.42. The minimum absolute atomic E-state index is 0.0913. The molecule has 2 heterocycles. The summed E-state index contributed by atoms with van der Waals surface area (Å²) in [5.41, 5.74) is 2.77. The Labute approximate surface area is 136 Å². The van der Waals surface area contributed by atoms with E-state index in [1.54, 1.807) is 0 Å². The molecule has 1 unspecified atom stereocenters. The van der Waals surface area contributed by atoms with E-state index in [0.717, 1.165) is 43.5 Å². The highest BCUT2D eigenvalue weighted by atomic mass is 16.3. The van der Waals surface area contributed by atoms with Gasteiger partial charge >= 0.3 is 0 Å². The smallest absolute Gasteiger partial charge is 0.254 e. The van der Waals surface area contributed by atoms with Crippen LogP contribution in [0.5, 0.6) is 0 Å². The lowest BCUT2D eigenvalue weighted by molar-refractivity contribution is 0.0724. The Hall–Kier alpha value is -2.14. The molecular weight excluding hydrogens is 290 g/mol. The van der Waals surface area contributed by atoms with Crippen molar-refractivity contribution in [2.75, 3.05) is 13.2 Å². The van der Waals surface area contributed by atoms with E-state index < -0.39 is 0 Å². The highest BCUT2D eigenvalue weighted by Gasteiger charge is 2.28. The maximum atomic E-state index is 12.7. The van der Waals surface area contributed by atoms with Crippen molar-refractivity contribution in [2.45, 2.75) is 38.6 Å². The monoisotopic (exact) mass is 313 g/mol. The summed E-state index contributed by atoms with van der Waals surface area (Å²) < 4.78 is 1.81. The first-order valence-corrected chi connectivity index (χ1v) is 8.22. The number of aromatic nitrogens is 2. The zero-order chi connectivity index (χ0) is 16.2. The summed E-state index contributed by atoms with van der Waals surface area (Å²) in [6, 6.07) is 7.87. The van der Waals surface area contributed by atoms with Gasteiger partial charge in [0.1, 0.15) is 0 Å². The number of aliphatic hydroxyl groups is 1. The van der Waals surface area contributed by atoms with E-state index in [-0.39, 0.29) is 18.6 Å². The Morgan fingerprint density at radius 2 is 2.13 bits per heavy atom. The third kappa shape index (κ3) is 3.45. The van der Waals surface area contributed by atoms with Gasteiger partial charge in [-0.05, 0) is 62.4 Å². The molecule has 122 valence electrons. The number of aliphatic hydroxyl groups excluding tert-OH is 1. The van der Waals surface area contributed by atoms with Gasteiger partial charge in [0.05, 0.1) is 11.9 Å². The van der Waals surface area contributed by atoms with Gasteiger partial charge in [0, 0.05) is 31.0 Å². The first-order chi connectivity index (χ1) is 11.2. The fourth-order valence-corrected chi connectivity index (χ4v) is 3.21. The zero-order valence-electron chi connectivity index (χ0n) is 13.5. The fourth-order valence-electron chi connectivity index (χ4n) is 3.21. The second kappa shape index (κ2) is 6.96. The van der Waals surface area contributed by atoms with E-state index in [1.807, 2.05) is 53.2 Å². The summed E-state index contributed by atoms with van der Waals surface area (Å²) in [4.78, 5) is 14.7. The summed E-state index contributed by atoms with van der Waals surface area (Å²) in [5, 5.41) is 13.3. The van der Waals surface area contributed by atoms with E-state index in [0.29, 0.717) is 5.56 Å². The molecule has 1 aromatic heterocycles. The number of benzene rings is 1. The number of likely N-dealkylation sites (tertiary alicyclic amines) is 1. The molecule has 0 aliphatic carbocycles. The molecule has 1 saturated heterocycles. The first-order valence-electron chi connectivity index (χ1n) is 8.22. The normalized spacial score (nSPS) is 17.7. The minimum Gasteiger partial charge on any atom is -0.396 e. The molecule has 1 amide bonds. The number of carbonyl (C=O) groups excluding carboxylic acids is 1. The number of nitrogens with zero attached hydrogens (tertiary/aromatic N) is 3. The highest BCUT2D eigenvalue weighted by Crippen LogP contribution is 2.24. The standard InChI is InChI=1S/C18H23N3O2/c1-14-12-19-21(13-14)17-8-6-15(7-9-17)18(23)20-10-2-4-16(20)5-3-11-22/h6-9,12-13,16,22H,2-5,10-11H2,1H3. The molecule has 1 aromatic carbocycles. The molecule has 23 heavy (non-hydrogen) atoms. The van der Waals surface area contributed by atoms with Crippen molar-refractivity contribution in [1.29, 1.82) is 0 Å². The van der Waals surface area contributed by atoms with Gasteiger partial charge in [-0.25, -0.2) is 4.68 Å². The fraction of sp³-hybridized carbons (Fsp3) is 0.444. The van der Waals surface area contributed by atoms with Gasteiger partial charge < -0.3 is 10.0 Å². The molecule has 0 bridgehead atoms. The molecule has 2 aromatic rings. The Kier molecular flexibility index (Phi) is 4.76. The molecule has 1 aliphatic rings. The van der Waals surface area contributed by atoms with Crippen LogP contribution in [0.2, 0.25) is 0 Å². The van der Waals surface area contributed by atoms with Gasteiger partial charge in [-0.3, -0.25) is 4.79 Å². The average molecular weight is 313 g/mol. The van der Waals surface area contributed by atoms with Crippen LogP contribution in [0.25, 0.3) is 5.69 Å². The lowest BCUT2D eigenvalue weighted by atomic mass is 10.1. The number of hydrogen-bond donors (Lipinski definition) is 1. The molecule has 0 radical (unpaired) electrons. The molecule has 0 saturated carbocycles. The Bertz CT molecular complexity index is 663. The van der Waals surface area contributed by atoms with Crippen molar-refractivity contribution >= 4 is 5.91 Å². The van der Waals surface area contributed by atoms with Gasteiger partial charge in [0.25, 0.3) is 5.91 Å². The van der Waals surface area contributed by atoms with Crippen molar-refractivity contribution in [1.82, 2.24) is 14.7 Å².